The van der Waals surface area contributed by atoms with E-state index in [1.54, 1.807) is 25.1 Å². The molecule has 21 heavy (non-hydrogen) atoms. The number of hydrogen-bond donors (Lipinski definition) is 5. The zero-order chi connectivity index (χ0) is 15.6. The molecule has 0 saturated carbocycles. The van der Waals surface area contributed by atoms with Crippen LogP contribution in [0.25, 0.3) is 0 Å². The molecular formula is C14H20O7. The van der Waals surface area contributed by atoms with Crippen molar-refractivity contribution in [3.8, 4) is 5.75 Å². The van der Waals surface area contributed by atoms with Gasteiger partial charge < -0.3 is 35.0 Å². The van der Waals surface area contributed by atoms with Crippen LogP contribution in [0.15, 0.2) is 24.3 Å². The molecule has 1 aromatic carbocycles. The van der Waals surface area contributed by atoms with Crippen molar-refractivity contribution in [3.05, 3.63) is 29.8 Å². The molecule has 0 amide bonds. The van der Waals surface area contributed by atoms with Crippen molar-refractivity contribution in [2.24, 2.45) is 0 Å². The highest BCUT2D eigenvalue weighted by Gasteiger charge is 2.45. The van der Waals surface area contributed by atoms with E-state index in [1.165, 1.54) is 0 Å². The van der Waals surface area contributed by atoms with E-state index in [2.05, 4.69) is 0 Å². The van der Waals surface area contributed by atoms with Crippen LogP contribution in [0, 0.1) is 6.92 Å². The van der Waals surface area contributed by atoms with Crippen LogP contribution in [0.3, 0.4) is 0 Å². The first-order chi connectivity index (χ1) is 9.95. The molecule has 6 atom stereocenters. The Labute approximate surface area is 122 Å². The lowest BCUT2D eigenvalue weighted by atomic mass is 10.0. The number of para-hydroxylation sites is 1. The van der Waals surface area contributed by atoms with Crippen LogP contribution in [0.4, 0.5) is 0 Å². The lowest BCUT2D eigenvalue weighted by Gasteiger charge is -2.26. The average molecular weight is 300 g/mol. The molecule has 2 rings (SSSR count). The lowest BCUT2D eigenvalue weighted by molar-refractivity contribution is -0.195. The van der Waals surface area contributed by atoms with Gasteiger partial charge in [-0.05, 0) is 18.6 Å². The van der Waals surface area contributed by atoms with E-state index in [-0.39, 0.29) is 0 Å². The van der Waals surface area contributed by atoms with Gasteiger partial charge in [0, 0.05) is 0 Å². The summed E-state index contributed by atoms with van der Waals surface area (Å²) in [6, 6.07) is 6.99. The third-order valence-corrected chi connectivity index (χ3v) is 3.54. The summed E-state index contributed by atoms with van der Waals surface area (Å²) in [6.45, 7) is 1.20. The van der Waals surface area contributed by atoms with Gasteiger partial charge in [0.05, 0.1) is 6.61 Å². The molecule has 1 fully saturated rings. The van der Waals surface area contributed by atoms with Gasteiger partial charge in [-0.1, -0.05) is 18.2 Å². The number of benzene rings is 1. The summed E-state index contributed by atoms with van der Waals surface area (Å²) in [4.78, 5) is 0. The third-order valence-electron chi connectivity index (χ3n) is 3.54. The highest BCUT2D eigenvalue weighted by Crippen LogP contribution is 2.25. The minimum absolute atomic E-state index is 0.427. The predicted octanol–water partition coefficient (Wildman–Crippen LogP) is -1.47. The zero-order valence-electron chi connectivity index (χ0n) is 11.5. The van der Waals surface area contributed by atoms with Crippen molar-refractivity contribution in [1.29, 1.82) is 0 Å². The molecule has 0 aliphatic carbocycles. The summed E-state index contributed by atoms with van der Waals surface area (Å²) in [5.41, 5.74) is 0.786. The Kier molecular flexibility index (Phi) is 5.15. The molecule has 1 aliphatic heterocycles. The maximum absolute atomic E-state index is 10.0. The largest absolute Gasteiger partial charge is 0.462 e. The average Bonchev–Trinajstić information content (AvgIpc) is 2.56. The summed E-state index contributed by atoms with van der Waals surface area (Å²) < 4.78 is 10.8. The van der Waals surface area contributed by atoms with Gasteiger partial charge in [-0.25, -0.2) is 0 Å². The smallest absolute Gasteiger partial charge is 0.229 e. The van der Waals surface area contributed by atoms with Gasteiger partial charge in [-0.3, -0.25) is 0 Å². The minimum Gasteiger partial charge on any atom is -0.462 e. The first-order valence-corrected chi connectivity index (χ1v) is 6.66. The van der Waals surface area contributed by atoms with E-state index >= 15 is 0 Å². The predicted molar refractivity (Wildman–Crippen MR) is 71.6 cm³/mol. The monoisotopic (exact) mass is 300 g/mol. The van der Waals surface area contributed by atoms with Gasteiger partial charge in [-0.2, -0.15) is 0 Å². The standard InChI is InChI=1S/C14H20O7/c1-7-4-2-3-5-8(7)20-14-13(19)12(18)11(17)10(16)9(6-15)21-14/h2-5,9-19H,6H2,1H3/t9-,10-,11+,12+,13-,14+/m1/s1. The van der Waals surface area contributed by atoms with E-state index in [4.69, 9.17) is 9.47 Å². The first-order valence-electron chi connectivity index (χ1n) is 6.66. The SMILES string of the molecule is Cc1ccccc1O[C@H]1O[C@H](CO)[C@@H](O)[C@H](O)[C@H](O)[C@H]1O. The number of ether oxygens (including phenoxy) is 2. The Morgan fingerprint density at radius 2 is 1.62 bits per heavy atom. The number of aliphatic hydroxyl groups excluding tert-OH is 5. The summed E-state index contributed by atoms with van der Waals surface area (Å²) in [5, 5.41) is 48.6. The van der Waals surface area contributed by atoms with Crippen LogP contribution in [0.5, 0.6) is 5.75 Å². The molecule has 0 radical (unpaired) electrons. The normalized spacial score (nSPS) is 37.0. The fourth-order valence-electron chi connectivity index (χ4n) is 2.18. The molecule has 7 nitrogen and oxygen atoms in total. The van der Waals surface area contributed by atoms with Crippen molar-refractivity contribution < 1.29 is 35.0 Å². The van der Waals surface area contributed by atoms with Crippen LogP contribution in [0.2, 0.25) is 0 Å². The molecule has 118 valence electrons. The number of hydrogen-bond acceptors (Lipinski definition) is 7. The Hall–Kier alpha value is -1.22. The van der Waals surface area contributed by atoms with Crippen molar-refractivity contribution in [1.82, 2.24) is 0 Å². The molecule has 1 aliphatic rings. The van der Waals surface area contributed by atoms with Crippen molar-refractivity contribution >= 4 is 0 Å². The van der Waals surface area contributed by atoms with Gasteiger partial charge in [0.1, 0.15) is 36.3 Å². The molecule has 0 bridgehead atoms. The van der Waals surface area contributed by atoms with E-state index in [0.717, 1.165) is 5.56 Å². The number of aliphatic hydroxyl groups is 5. The molecule has 1 heterocycles. The van der Waals surface area contributed by atoms with Crippen LogP contribution in [0.1, 0.15) is 5.56 Å². The summed E-state index contributed by atoms with van der Waals surface area (Å²) in [5.74, 6) is 0.427. The van der Waals surface area contributed by atoms with Gasteiger partial charge >= 0.3 is 0 Å². The van der Waals surface area contributed by atoms with Gasteiger partial charge in [0.15, 0.2) is 0 Å². The highest BCUT2D eigenvalue weighted by molar-refractivity contribution is 5.31. The number of rotatable bonds is 3. The van der Waals surface area contributed by atoms with Gasteiger partial charge in [0.25, 0.3) is 0 Å². The van der Waals surface area contributed by atoms with E-state index in [0.29, 0.717) is 5.75 Å². The molecule has 7 heteroatoms. The maximum Gasteiger partial charge on any atom is 0.229 e. The second kappa shape index (κ2) is 6.69. The molecule has 0 aromatic heterocycles. The molecule has 0 unspecified atom stereocenters. The van der Waals surface area contributed by atoms with Crippen molar-refractivity contribution in [2.75, 3.05) is 6.61 Å². The van der Waals surface area contributed by atoms with Gasteiger partial charge in [-0.15, -0.1) is 0 Å². The second-order valence-corrected chi connectivity index (χ2v) is 5.07. The Balaban J connectivity index is 2.22. The van der Waals surface area contributed by atoms with Crippen LogP contribution in [-0.2, 0) is 4.74 Å². The number of aryl methyl sites for hydroxylation is 1. The quantitative estimate of drug-likeness (QED) is 0.462. The summed E-state index contributed by atoms with van der Waals surface area (Å²) in [6.07, 6.45) is -8.94. The van der Waals surface area contributed by atoms with Crippen molar-refractivity contribution in [2.45, 2.75) is 43.7 Å². The maximum atomic E-state index is 10.0. The van der Waals surface area contributed by atoms with Crippen LogP contribution >= 0.6 is 0 Å². The van der Waals surface area contributed by atoms with E-state index in [9.17, 15) is 25.5 Å². The summed E-state index contributed by atoms with van der Waals surface area (Å²) in [7, 11) is 0. The van der Waals surface area contributed by atoms with E-state index < -0.39 is 43.4 Å². The third kappa shape index (κ3) is 3.34. The highest BCUT2D eigenvalue weighted by atomic mass is 16.7. The van der Waals surface area contributed by atoms with Crippen LogP contribution < -0.4 is 4.74 Å². The minimum atomic E-state index is -1.66. The molecular weight excluding hydrogens is 280 g/mol. The molecule has 1 saturated heterocycles. The fraction of sp³-hybridized carbons (Fsp3) is 0.571. The molecule has 1 aromatic rings. The fourth-order valence-corrected chi connectivity index (χ4v) is 2.18. The topological polar surface area (TPSA) is 120 Å². The summed E-state index contributed by atoms with van der Waals surface area (Å²) >= 11 is 0. The Bertz CT molecular complexity index is 464. The van der Waals surface area contributed by atoms with Gasteiger partial charge in [0.2, 0.25) is 6.29 Å². The van der Waals surface area contributed by atoms with E-state index in [1.807, 2.05) is 6.07 Å². The molecule has 0 spiro atoms. The first kappa shape index (κ1) is 16.2. The second-order valence-electron chi connectivity index (χ2n) is 5.07. The van der Waals surface area contributed by atoms with Crippen molar-refractivity contribution in [3.63, 3.8) is 0 Å². The lowest BCUT2D eigenvalue weighted by Crippen LogP contribution is -2.48. The molecule has 5 N–H and O–H groups in total. The Morgan fingerprint density at radius 1 is 1.00 bits per heavy atom. The Morgan fingerprint density at radius 3 is 2.24 bits per heavy atom. The van der Waals surface area contributed by atoms with Crippen LogP contribution in [-0.4, -0.2) is 68.9 Å². The zero-order valence-corrected chi connectivity index (χ0v) is 11.5.